The van der Waals surface area contributed by atoms with Crippen molar-refractivity contribution in [1.29, 1.82) is 0 Å². The maximum atomic E-state index is 4.31. The number of unbranched alkanes of at least 4 members (excludes halogenated alkanes) is 1. The zero-order valence-electron chi connectivity index (χ0n) is 15.9. The van der Waals surface area contributed by atoms with Gasteiger partial charge in [0.1, 0.15) is 0 Å². The third kappa shape index (κ3) is 7.88. The molecular formula is C22H35N. The van der Waals surface area contributed by atoms with E-state index in [1.54, 1.807) is 6.08 Å². The van der Waals surface area contributed by atoms with Crippen molar-refractivity contribution in [3.63, 3.8) is 0 Å². The summed E-state index contributed by atoms with van der Waals surface area (Å²) in [4.78, 5) is 2.20. The molecule has 0 unspecified atom stereocenters. The van der Waals surface area contributed by atoms with E-state index in [1.165, 1.54) is 24.1 Å². The second-order valence-corrected chi connectivity index (χ2v) is 6.53. The first-order valence-electron chi connectivity index (χ1n) is 8.45. The first kappa shape index (κ1) is 21.2. The summed E-state index contributed by atoms with van der Waals surface area (Å²) in [5.74, 6) is 0.467. The van der Waals surface area contributed by atoms with Gasteiger partial charge in [-0.2, -0.15) is 0 Å². The van der Waals surface area contributed by atoms with Crippen LogP contribution in [-0.2, 0) is 0 Å². The molecule has 0 aromatic rings. The molecular weight excluding hydrogens is 278 g/mol. The Hall–Kier alpha value is -1.76. The third-order valence-electron chi connectivity index (χ3n) is 4.24. The lowest BCUT2D eigenvalue weighted by molar-refractivity contribution is 0.415. The number of hydrogen-bond donors (Lipinski definition) is 0. The van der Waals surface area contributed by atoms with E-state index in [0.29, 0.717) is 5.92 Å². The number of rotatable bonds is 11. The van der Waals surface area contributed by atoms with Crippen LogP contribution in [0.2, 0.25) is 0 Å². The highest BCUT2D eigenvalue weighted by Crippen LogP contribution is 2.26. The summed E-state index contributed by atoms with van der Waals surface area (Å²) in [6.07, 6.45) is 10.5. The van der Waals surface area contributed by atoms with Crippen LogP contribution in [0.15, 0.2) is 72.7 Å². The van der Waals surface area contributed by atoms with Gasteiger partial charge in [-0.1, -0.05) is 56.9 Å². The fraction of sp³-hybridized carbons (Fsp3) is 0.455. The summed E-state index contributed by atoms with van der Waals surface area (Å²) in [5, 5.41) is 0. The topological polar surface area (TPSA) is 3.24 Å². The lowest BCUT2D eigenvalue weighted by atomic mass is 9.97. The zero-order valence-corrected chi connectivity index (χ0v) is 15.9. The molecule has 128 valence electrons. The first-order valence-corrected chi connectivity index (χ1v) is 8.45. The standard InChI is InChI=1S/C22H35N/c1-10-11-16-22(18(4)5)21(8)23(9)20(7)19(6)15-13-12-14-17(2)3/h10-11,16,19H,1-2,4,7,12-15H2,3,5-6,8-9H3/b16-11+,22-21-/t19-/m0/s1. The van der Waals surface area contributed by atoms with Crippen molar-refractivity contribution >= 4 is 0 Å². The second kappa shape index (κ2) is 10.9. The smallest absolute Gasteiger partial charge is 0.0217 e. The SMILES string of the molecule is C=C/C=C/C(C(=C)C)=C(\C)N(C)C(=C)[C@@H](C)CCCCC(=C)C. The van der Waals surface area contributed by atoms with Crippen molar-refractivity contribution < 1.29 is 0 Å². The molecule has 0 rings (SSSR count). The Bertz CT molecular complexity index is 502. The van der Waals surface area contributed by atoms with Gasteiger partial charge in [-0.05, 0) is 57.1 Å². The number of allylic oxidation sites excluding steroid dienone is 8. The fourth-order valence-electron chi connectivity index (χ4n) is 2.51. The molecule has 0 N–H and O–H groups in total. The van der Waals surface area contributed by atoms with E-state index >= 15 is 0 Å². The van der Waals surface area contributed by atoms with Crippen LogP contribution in [0, 0.1) is 5.92 Å². The van der Waals surface area contributed by atoms with Gasteiger partial charge in [-0.25, -0.2) is 0 Å². The predicted molar refractivity (Wildman–Crippen MR) is 106 cm³/mol. The van der Waals surface area contributed by atoms with Crippen molar-refractivity contribution in [3.8, 4) is 0 Å². The summed E-state index contributed by atoms with van der Waals surface area (Å²) in [7, 11) is 2.09. The molecule has 1 atom stereocenters. The molecule has 0 heterocycles. The van der Waals surface area contributed by atoms with Gasteiger partial charge >= 0.3 is 0 Å². The number of nitrogens with zero attached hydrogens (tertiary/aromatic N) is 1. The van der Waals surface area contributed by atoms with Crippen LogP contribution < -0.4 is 0 Å². The minimum absolute atomic E-state index is 0.467. The van der Waals surface area contributed by atoms with Crippen LogP contribution in [0.3, 0.4) is 0 Å². The molecule has 0 aliphatic rings. The molecule has 0 amide bonds. The van der Waals surface area contributed by atoms with Crippen LogP contribution in [0.25, 0.3) is 0 Å². The molecule has 0 aliphatic heterocycles. The predicted octanol–water partition coefficient (Wildman–Crippen LogP) is 6.80. The molecule has 1 nitrogen and oxygen atoms in total. The molecule has 0 radical (unpaired) electrons. The van der Waals surface area contributed by atoms with Crippen molar-refractivity contribution in [3.05, 3.63) is 72.7 Å². The van der Waals surface area contributed by atoms with E-state index in [2.05, 4.69) is 65.1 Å². The van der Waals surface area contributed by atoms with E-state index in [9.17, 15) is 0 Å². The Balaban J connectivity index is 4.89. The second-order valence-electron chi connectivity index (χ2n) is 6.53. The van der Waals surface area contributed by atoms with Crippen LogP contribution >= 0.6 is 0 Å². The van der Waals surface area contributed by atoms with Crippen molar-refractivity contribution in [1.82, 2.24) is 4.90 Å². The highest BCUT2D eigenvalue weighted by Gasteiger charge is 2.14. The van der Waals surface area contributed by atoms with E-state index in [4.69, 9.17) is 0 Å². The van der Waals surface area contributed by atoms with Crippen molar-refractivity contribution in [2.24, 2.45) is 5.92 Å². The molecule has 0 aromatic heterocycles. The average Bonchev–Trinajstić information content (AvgIpc) is 2.49. The Kier molecular flexibility index (Phi) is 10.0. The molecule has 0 fully saturated rings. The van der Waals surface area contributed by atoms with Gasteiger partial charge in [0.05, 0.1) is 0 Å². The minimum atomic E-state index is 0.467. The number of hydrogen-bond acceptors (Lipinski definition) is 1. The van der Waals surface area contributed by atoms with Crippen LogP contribution in [0.1, 0.15) is 53.4 Å². The van der Waals surface area contributed by atoms with Crippen molar-refractivity contribution in [2.75, 3.05) is 7.05 Å². The summed E-state index contributed by atoms with van der Waals surface area (Å²) in [6, 6.07) is 0. The minimum Gasteiger partial charge on any atom is -0.352 e. The largest absolute Gasteiger partial charge is 0.352 e. The molecule has 0 aliphatic carbocycles. The first-order chi connectivity index (χ1) is 10.7. The molecule has 0 spiro atoms. The van der Waals surface area contributed by atoms with E-state index in [-0.39, 0.29) is 0 Å². The van der Waals surface area contributed by atoms with Gasteiger partial charge < -0.3 is 4.90 Å². The van der Waals surface area contributed by atoms with E-state index < -0.39 is 0 Å². The maximum absolute atomic E-state index is 4.31. The van der Waals surface area contributed by atoms with Crippen LogP contribution in [0.4, 0.5) is 0 Å². The quantitative estimate of drug-likeness (QED) is 0.230. The summed E-state index contributed by atoms with van der Waals surface area (Å²) in [5.41, 5.74) is 5.79. The van der Waals surface area contributed by atoms with Gasteiger partial charge in [0.2, 0.25) is 0 Å². The van der Waals surface area contributed by atoms with E-state index in [0.717, 1.165) is 29.7 Å². The van der Waals surface area contributed by atoms with E-state index in [1.807, 2.05) is 13.0 Å². The molecule has 0 bridgehead atoms. The molecule has 0 saturated carbocycles. The molecule has 1 heteroatoms. The normalized spacial score (nSPS) is 13.4. The maximum Gasteiger partial charge on any atom is 0.0217 e. The Morgan fingerprint density at radius 3 is 2.17 bits per heavy atom. The zero-order chi connectivity index (χ0) is 18.0. The Labute approximate surface area is 144 Å². The van der Waals surface area contributed by atoms with Gasteiger partial charge in [-0.3, -0.25) is 0 Å². The molecule has 0 aromatic carbocycles. The van der Waals surface area contributed by atoms with Crippen LogP contribution in [-0.4, -0.2) is 11.9 Å². The lowest BCUT2D eigenvalue weighted by Gasteiger charge is -2.29. The molecule has 23 heavy (non-hydrogen) atoms. The summed E-state index contributed by atoms with van der Waals surface area (Å²) < 4.78 is 0. The van der Waals surface area contributed by atoms with Gasteiger partial charge in [0, 0.05) is 18.4 Å². The summed E-state index contributed by atoms with van der Waals surface area (Å²) >= 11 is 0. The monoisotopic (exact) mass is 313 g/mol. The highest BCUT2D eigenvalue weighted by molar-refractivity contribution is 5.41. The lowest BCUT2D eigenvalue weighted by Crippen LogP contribution is -2.21. The van der Waals surface area contributed by atoms with Crippen LogP contribution in [0.5, 0.6) is 0 Å². The van der Waals surface area contributed by atoms with Gasteiger partial charge in [0.25, 0.3) is 0 Å². The Morgan fingerprint density at radius 1 is 1.09 bits per heavy atom. The highest BCUT2D eigenvalue weighted by atomic mass is 15.1. The fourth-order valence-corrected chi connectivity index (χ4v) is 2.51. The third-order valence-corrected chi connectivity index (χ3v) is 4.24. The van der Waals surface area contributed by atoms with Gasteiger partial charge in [0.15, 0.2) is 0 Å². The van der Waals surface area contributed by atoms with Crippen molar-refractivity contribution in [2.45, 2.75) is 53.4 Å². The molecule has 0 saturated heterocycles. The summed E-state index contributed by atoms with van der Waals surface area (Å²) in [6.45, 7) is 24.6. The average molecular weight is 314 g/mol. The van der Waals surface area contributed by atoms with Gasteiger partial charge in [-0.15, -0.1) is 6.58 Å². The Morgan fingerprint density at radius 2 is 1.70 bits per heavy atom.